The van der Waals surface area contributed by atoms with Crippen molar-refractivity contribution < 1.29 is 8.76 Å². The minimum Gasteiger partial charge on any atom is -0.302 e. The summed E-state index contributed by atoms with van der Waals surface area (Å²) >= 11 is -1.85. The molecule has 2 atom stereocenters. The largest absolute Gasteiger partial charge is 0.302 e. The number of hydrogen-bond acceptors (Lipinski definition) is 1. The molecule has 0 radical (unpaired) electrons. The summed E-state index contributed by atoms with van der Waals surface area (Å²) in [7, 11) is 0. The van der Waals surface area contributed by atoms with Crippen LogP contribution in [-0.4, -0.2) is 8.76 Å². The molecule has 1 N–H and O–H groups in total. The maximum Gasteiger partial charge on any atom is 0.186 e. The molecule has 84 valence electrons. The second-order valence-electron chi connectivity index (χ2n) is 3.99. The summed E-state index contributed by atoms with van der Waals surface area (Å²) in [5.74, 6) is 0.681. The van der Waals surface area contributed by atoms with Crippen molar-refractivity contribution in [2.75, 3.05) is 0 Å². The van der Waals surface area contributed by atoms with Crippen LogP contribution in [0, 0.1) is 5.92 Å². The molecule has 0 bridgehead atoms. The molecule has 0 aliphatic rings. The highest BCUT2D eigenvalue weighted by Crippen LogP contribution is 2.15. The van der Waals surface area contributed by atoms with Crippen molar-refractivity contribution in [3.8, 4) is 0 Å². The fourth-order valence-corrected chi connectivity index (χ4v) is 2.11. The highest BCUT2D eigenvalue weighted by molar-refractivity contribution is 7.79. The molecule has 0 aromatic heterocycles. The van der Waals surface area contributed by atoms with Gasteiger partial charge in [0, 0.05) is 0 Å². The van der Waals surface area contributed by atoms with Crippen LogP contribution >= 0.6 is 0 Å². The topological polar surface area (TPSA) is 37.3 Å². The van der Waals surface area contributed by atoms with Crippen LogP contribution in [0.3, 0.4) is 0 Å². The predicted octanol–water partition coefficient (Wildman–Crippen LogP) is 3.25. The lowest BCUT2D eigenvalue weighted by Gasteiger charge is -2.09. The molecular formula is C12H18O2S. The van der Waals surface area contributed by atoms with Gasteiger partial charge in [0.2, 0.25) is 0 Å². The van der Waals surface area contributed by atoms with E-state index in [1.165, 1.54) is 18.4 Å². The van der Waals surface area contributed by atoms with Gasteiger partial charge in [-0.1, -0.05) is 38.8 Å². The van der Waals surface area contributed by atoms with Gasteiger partial charge >= 0.3 is 0 Å². The second-order valence-corrected chi connectivity index (χ2v) is 4.96. The third-order valence-corrected chi connectivity index (χ3v) is 3.17. The lowest BCUT2D eigenvalue weighted by Crippen LogP contribution is -1.99. The van der Waals surface area contributed by atoms with Crippen LogP contribution in [0.1, 0.15) is 32.3 Å². The molecule has 2 nitrogen and oxygen atoms in total. The van der Waals surface area contributed by atoms with Crippen molar-refractivity contribution in [1.29, 1.82) is 0 Å². The maximum absolute atomic E-state index is 10.7. The van der Waals surface area contributed by atoms with Gasteiger partial charge in [-0.05, 0) is 30.0 Å². The van der Waals surface area contributed by atoms with E-state index in [0.717, 1.165) is 6.42 Å². The fraction of sp³-hybridized carbons (Fsp3) is 0.500. The van der Waals surface area contributed by atoms with Gasteiger partial charge in [-0.3, -0.25) is 0 Å². The van der Waals surface area contributed by atoms with E-state index in [-0.39, 0.29) is 0 Å². The van der Waals surface area contributed by atoms with E-state index in [0.29, 0.717) is 10.8 Å². The van der Waals surface area contributed by atoms with Crippen LogP contribution in [0.5, 0.6) is 0 Å². The van der Waals surface area contributed by atoms with Gasteiger partial charge in [0.1, 0.15) is 0 Å². The molecule has 15 heavy (non-hydrogen) atoms. The van der Waals surface area contributed by atoms with Gasteiger partial charge < -0.3 is 4.55 Å². The van der Waals surface area contributed by atoms with E-state index < -0.39 is 11.1 Å². The molecule has 2 unspecified atom stereocenters. The zero-order valence-electron chi connectivity index (χ0n) is 9.27. The Morgan fingerprint density at radius 3 is 2.40 bits per heavy atom. The normalized spacial score (nSPS) is 14.9. The minimum absolute atomic E-state index is 0.474. The molecule has 1 aromatic carbocycles. The Morgan fingerprint density at radius 2 is 1.93 bits per heavy atom. The maximum atomic E-state index is 10.7. The predicted molar refractivity (Wildman–Crippen MR) is 63.3 cm³/mol. The number of rotatable bonds is 5. The lowest BCUT2D eigenvalue weighted by atomic mass is 9.97. The zero-order chi connectivity index (χ0) is 11.3. The summed E-state index contributed by atoms with van der Waals surface area (Å²) < 4.78 is 19.6. The van der Waals surface area contributed by atoms with Crippen molar-refractivity contribution >= 4 is 11.1 Å². The molecule has 3 heteroatoms. The van der Waals surface area contributed by atoms with Gasteiger partial charge in [0.15, 0.2) is 11.1 Å². The molecule has 1 aromatic rings. The monoisotopic (exact) mass is 226 g/mol. The van der Waals surface area contributed by atoms with E-state index in [9.17, 15) is 4.21 Å². The first-order valence-corrected chi connectivity index (χ1v) is 6.44. The average Bonchev–Trinajstić information content (AvgIpc) is 2.18. The van der Waals surface area contributed by atoms with Crippen molar-refractivity contribution in [1.82, 2.24) is 0 Å². The SMILES string of the molecule is CCCC(C)Cc1ccc(S(=O)O)cc1. The van der Waals surface area contributed by atoms with Crippen LogP contribution in [-0.2, 0) is 17.5 Å². The lowest BCUT2D eigenvalue weighted by molar-refractivity contribution is 0.522. The Labute approximate surface area is 94.0 Å². The fourth-order valence-electron chi connectivity index (χ4n) is 1.74. The third kappa shape index (κ3) is 4.14. The standard InChI is InChI=1S/C12H18O2S/c1-3-4-10(2)9-11-5-7-12(8-6-11)15(13)14/h5-8,10H,3-4,9H2,1-2H3,(H,13,14). The summed E-state index contributed by atoms with van der Waals surface area (Å²) in [6.45, 7) is 4.43. The van der Waals surface area contributed by atoms with Gasteiger partial charge in [-0.2, -0.15) is 0 Å². The molecule has 0 aliphatic carbocycles. The van der Waals surface area contributed by atoms with Crippen LogP contribution in [0.25, 0.3) is 0 Å². The third-order valence-electron chi connectivity index (χ3n) is 2.49. The molecule has 0 amide bonds. The first-order chi connectivity index (χ1) is 7.13. The molecular weight excluding hydrogens is 208 g/mol. The zero-order valence-corrected chi connectivity index (χ0v) is 10.1. The van der Waals surface area contributed by atoms with E-state index in [4.69, 9.17) is 4.55 Å². The highest BCUT2D eigenvalue weighted by Gasteiger charge is 2.04. The summed E-state index contributed by atoms with van der Waals surface area (Å²) in [6.07, 6.45) is 3.49. The van der Waals surface area contributed by atoms with E-state index in [1.54, 1.807) is 12.1 Å². The number of hydrogen-bond donors (Lipinski definition) is 1. The van der Waals surface area contributed by atoms with Gasteiger partial charge in [0.25, 0.3) is 0 Å². The van der Waals surface area contributed by atoms with Crippen LogP contribution in [0.15, 0.2) is 29.2 Å². The molecule has 0 saturated carbocycles. The first-order valence-electron chi connectivity index (χ1n) is 5.33. The quantitative estimate of drug-likeness (QED) is 0.782. The Morgan fingerprint density at radius 1 is 1.33 bits per heavy atom. The molecule has 0 spiro atoms. The van der Waals surface area contributed by atoms with Crippen LogP contribution < -0.4 is 0 Å². The van der Waals surface area contributed by atoms with Gasteiger partial charge in [-0.15, -0.1) is 0 Å². The van der Waals surface area contributed by atoms with Crippen molar-refractivity contribution in [2.45, 2.75) is 38.0 Å². The molecule has 0 fully saturated rings. The van der Waals surface area contributed by atoms with E-state index in [2.05, 4.69) is 13.8 Å². The molecule has 1 rings (SSSR count). The summed E-state index contributed by atoms with van der Waals surface area (Å²) in [5, 5.41) is 0. The first kappa shape index (κ1) is 12.4. The summed E-state index contributed by atoms with van der Waals surface area (Å²) in [5.41, 5.74) is 1.24. The Hall–Kier alpha value is -0.670. The second kappa shape index (κ2) is 6.03. The summed E-state index contributed by atoms with van der Waals surface area (Å²) in [6, 6.07) is 7.33. The van der Waals surface area contributed by atoms with E-state index >= 15 is 0 Å². The average molecular weight is 226 g/mol. The summed E-state index contributed by atoms with van der Waals surface area (Å²) in [4.78, 5) is 0.474. The van der Waals surface area contributed by atoms with Gasteiger partial charge in [0.05, 0.1) is 4.90 Å². The van der Waals surface area contributed by atoms with Crippen molar-refractivity contribution in [2.24, 2.45) is 5.92 Å². The smallest absolute Gasteiger partial charge is 0.186 e. The Bertz CT molecular complexity index is 319. The Kier molecular flexibility index (Phi) is 4.99. The van der Waals surface area contributed by atoms with Crippen LogP contribution in [0.2, 0.25) is 0 Å². The van der Waals surface area contributed by atoms with Gasteiger partial charge in [-0.25, -0.2) is 4.21 Å². The van der Waals surface area contributed by atoms with Crippen LogP contribution in [0.4, 0.5) is 0 Å². The minimum atomic E-state index is -1.85. The van der Waals surface area contributed by atoms with Crippen molar-refractivity contribution in [3.05, 3.63) is 29.8 Å². The Balaban J connectivity index is 2.60. The van der Waals surface area contributed by atoms with E-state index in [1.807, 2.05) is 12.1 Å². The molecule has 0 heterocycles. The molecule has 0 saturated heterocycles. The number of benzene rings is 1. The highest BCUT2D eigenvalue weighted by atomic mass is 32.2. The molecule has 0 aliphatic heterocycles. The van der Waals surface area contributed by atoms with Crippen molar-refractivity contribution in [3.63, 3.8) is 0 Å².